The van der Waals surface area contributed by atoms with Gasteiger partial charge in [-0.2, -0.15) is 0 Å². The summed E-state index contributed by atoms with van der Waals surface area (Å²) in [5, 5.41) is 2.92. The highest BCUT2D eigenvalue weighted by Gasteiger charge is 2.43. The van der Waals surface area contributed by atoms with E-state index in [2.05, 4.69) is 10.3 Å². The van der Waals surface area contributed by atoms with Crippen LogP contribution in [0.5, 0.6) is 17.2 Å². The third kappa shape index (κ3) is 5.67. The first-order chi connectivity index (χ1) is 17.0. The Morgan fingerprint density at radius 3 is 2.40 bits per heavy atom. The number of benzene rings is 1. The van der Waals surface area contributed by atoms with Gasteiger partial charge in [-0.05, 0) is 55.5 Å². The molecule has 9 nitrogen and oxygen atoms in total. The zero-order chi connectivity index (χ0) is 24.8. The molecule has 2 aliphatic heterocycles. The van der Waals surface area contributed by atoms with E-state index in [4.69, 9.17) is 18.9 Å². The lowest BCUT2D eigenvalue weighted by Crippen LogP contribution is -2.47. The molecular weight excluding hydrogens is 450 g/mol. The average molecular weight is 484 g/mol. The highest BCUT2D eigenvalue weighted by molar-refractivity contribution is 5.92. The van der Waals surface area contributed by atoms with E-state index in [-0.39, 0.29) is 29.9 Å². The number of hydrogen-bond acceptors (Lipinski definition) is 7. The maximum Gasteiger partial charge on any atom is 0.269 e. The number of amides is 2. The van der Waals surface area contributed by atoms with Gasteiger partial charge >= 0.3 is 0 Å². The van der Waals surface area contributed by atoms with Crippen LogP contribution in [0.1, 0.15) is 41.7 Å². The summed E-state index contributed by atoms with van der Waals surface area (Å²) in [5.74, 6) is 1.45. The van der Waals surface area contributed by atoms with E-state index in [0.717, 1.165) is 31.2 Å². The summed E-state index contributed by atoms with van der Waals surface area (Å²) < 4.78 is 22.6. The zero-order valence-electron chi connectivity index (χ0n) is 20.5. The van der Waals surface area contributed by atoms with Crippen molar-refractivity contribution in [1.29, 1.82) is 0 Å². The highest BCUT2D eigenvalue weighted by atomic mass is 16.5. The maximum atomic E-state index is 13.0. The van der Waals surface area contributed by atoms with E-state index < -0.39 is 0 Å². The fraction of sp³-hybridized carbons (Fsp3) is 0.500. The van der Waals surface area contributed by atoms with Gasteiger partial charge in [0.05, 0.1) is 39.5 Å². The van der Waals surface area contributed by atoms with Crippen LogP contribution in [0.3, 0.4) is 0 Å². The minimum Gasteiger partial charge on any atom is -0.493 e. The molecule has 188 valence electrons. The molecule has 0 saturated carbocycles. The number of piperidine rings is 1. The molecule has 2 aromatic rings. The SMILES string of the molecule is COc1cc(CC(=O)N2CCC3(CCC(CNC(=O)c4ccccn4)O3)CC2)cc(OC)c1OC. The minimum atomic E-state index is -0.219. The van der Waals surface area contributed by atoms with Gasteiger partial charge in [0.2, 0.25) is 11.7 Å². The number of nitrogens with zero attached hydrogens (tertiary/aromatic N) is 2. The maximum absolute atomic E-state index is 13.0. The van der Waals surface area contributed by atoms with Crippen LogP contribution in [-0.2, 0) is 16.0 Å². The lowest BCUT2D eigenvalue weighted by atomic mass is 9.88. The Kier molecular flexibility index (Phi) is 7.75. The topological polar surface area (TPSA) is 99.2 Å². The summed E-state index contributed by atoms with van der Waals surface area (Å²) in [7, 11) is 4.68. The second-order valence-electron chi connectivity index (χ2n) is 8.98. The normalized spacial score (nSPS) is 18.8. The second kappa shape index (κ2) is 10.9. The number of pyridine rings is 1. The second-order valence-corrected chi connectivity index (χ2v) is 8.98. The molecule has 0 radical (unpaired) electrons. The Balaban J connectivity index is 1.28. The fourth-order valence-corrected chi connectivity index (χ4v) is 4.89. The van der Waals surface area contributed by atoms with Crippen molar-refractivity contribution in [2.75, 3.05) is 41.0 Å². The Hall–Kier alpha value is -3.33. The third-order valence-electron chi connectivity index (χ3n) is 6.83. The zero-order valence-corrected chi connectivity index (χ0v) is 20.5. The van der Waals surface area contributed by atoms with Crippen LogP contribution in [0, 0.1) is 0 Å². The van der Waals surface area contributed by atoms with Crippen molar-refractivity contribution in [2.45, 2.75) is 43.8 Å². The molecule has 2 aliphatic rings. The number of ether oxygens (including phenoxy) is 4. The van der Waals surface area contributed by atoms with Crippen molar-refractivity contribution in [3.05, 3.63) is 47.8 Å². The van der Waals surface area contributed by atoms with E-state index in [1.165, 1.54) is 0 Å². The number of carbonyl (C=O) groups excluding carboxylic acids is 2. The van der Waals surface area contributed by atoms with Crippen molar-refractivity contribution < 1.29 is 28.5 Å². The van der Waals surface area contributed by atoms with Gasteiger partial charge in [-0.1, -0.05) is 6.07 Å². The molecule has 2 amide bonds. The van der Waals surface area contributed by atoms with Crippen LogP contribution in [0.15, 0.2) is 36.5 Å². The number of likely N-dealkylation sites (tertiary alicyclic amines) is 1. The van der Waals surface area contributed by atoms with Gasteiger partial charge in [-0.25, -0.2) is 0 Å². The van der Waals surface area contributed by atoms with E-state index in [9.17, 15) is 9.59 Å². The Bertz CT molecular complexity index is 1010. The molecule has 3 heterocycles. The number of nitrogens with one attached hydrogen (secondary N) is 1. The number of aromatic nitrogens is 1. The molecule has 0 bridgehead atoms. The molecule has 4 rings (SSSR count). The molecule has 2 saturated heterocycles. The largest absolute Gasteiger partial charge is 0.493 e. The van der Waals surface area contributed by atoms with Gasteiger partial charge < -0.3 is 29.2 Å². The molecule has 1 unspecified atom stereocenters. The van der Waals surface area contributed by atoms with Crippen LogP contribution in [-0.4, -0.2) is 74.4 Å². The van der Waals surface area contributed by atoms with Crippen LogP contribution < -0.4 is 19.5 Å². The number of carbonyl (C=O) groups is 2. The summed E-state index contributed by atoms with van der Waals surface area (Å²) in [6.07, 6.45) is 5.24. The lowest BCUT2D eigenvalue weighted by molar-refractivity contribution is -0.136. The predicted octanol–water partition coefficient (Wildman–Crippen LogP) is 2.62. The first-order valence-corrected chi connectivity index (χ1v) is 11.9. The molecular formula is C26H33N3O6. The van der Waals surface area contributed by atoms with E-state index in [0.29, 0.717) is 42.6 Å². The summed E-state index contributed by atoms with van der Waals surface area (Å²) in [6.45, 7) is 1.76. The molecule has 0 aliphatic carbocycles. The number of rotatable bonds is 8. The van der Waals surface area contributed by atoms with Gasteiger partial charge in [-0.15, -0.1) is 0 Å². The fourth-order valence-electron chi connectivity index (χ4n) is 4.89. The van der Waals surface area contributed by atoms with Crippen LogP contribution >= 0.6 is 0 Å². The quantitative estimate of drug-likeness (QED) is 0.616. The molecule has 1 spiro atoms. The minimum absolute atomic E-state index is 0.0239. The number of hydrogen-bond donors (Lipinski definition) is 1. The van der Waals surface area contributed by atoms with Gasteiger partial charge in [0.25, 0.3) is 5.91 Å². The van der Waals surface area contributed by atoms with Crippen LogP contribution in [0.2, 0.25) is 0 Å². The molecule has 9 heteroatoms. The van der Waals surface area contributed by atoms with Crippen LogP contribution in [0.25, 0.3) is 0 Å². The van der Waals surface area contributed by atoms with Gasteiger partial charge in [0.1, 0.15) is 5.69 Å². The van der Waals surface area contributed by atoms with Crippen LogP contribution in [0.4, 0.5) is 0 Å². The molecule has 1 aromatic heterocycles. The van der Waals surface area contributed by atoms with Crippen molar-refractivity contribution in [3.8, 4) is 17.2 Å². The summed E-state index contributed by atoms with van der Waals surface area (Å²) in [5.41, 5.74) is 0.994. The number of methoxy groups -OCH3 is 3. The van der Waals surface area contributed by atoms with Gasteiger partial charge in [0.15, 0.2) is 11.5 Å². The lowest BCUT2D eigenvalue weighted by Gasteiger charge is -2.39. The first-order valence-electron chi connectivity index (χ1n) is 11.9. The summed E-state index contributed by atoms with van der Waals surface area (Å²) in [4.78, 5) is 31.3. The molecule has 1 N–H and O–H groups in total. The van der Waals surface area contributed by atoms with E-state index in [1.807, 2.05) is 17.0 Å². The summed E-state index contributed by atoms with van der Waals surface area (Å²) >= 11 is 0. The van der Waals surface area contributed by atoms with Crippen molar-refractivity contribution in [3.63, 3.8) is 0 Å². The van der Waals surface area contributed by atoms with E-state index in [1.54, 1.807) is 45.7 Å². The smallest absolute Gasteiger partial charge is 0.269 e. The molecule has 35 heavy (non-hydrogen) atoms. The van der Waals surface area contributed by atoms with Crippen molar-refractivity contribution in [1.82, 2.24) is 15.2 Å². The van der Waals surface area contributed by atoms with E-state index >= 15 is 0 Å². The van der Waals surface area contributed by atoms with Crippen molar-refractivity contribution in [2.24, 2.45) is 0 Å². The first kappa shape index (κ1) is 24.8. The third-order valence-corrected chi connectivity index (χ3v) is 6.83. The monoisotopic (exact) mass is 483 g/mol. The Labute approximate surface area is 205 Å². The average Bonchev–Trinajstić information content (AvgIpc) is 3.29. The highest BCUT2D eigenvalue weighted by Crippen LogP contribution is 2.40. The standard InChI is InChI=1S/C26H33N3O6/c1-32-21-14-18(15-22(33-2)24(21)34-3)16-23(30)29-12-9-26(10-13-29)8-7-19(35-26)17-28-25(31)20-6-4-5-11-27-20/h4-6,11,14-15,19H,7-10,12-13,16-17H2,1-3H3,(H,28,31). The van der Waals surface area contributed by atoms with Gasteiger partial charge in [0, 0.05) is 25.8 Å². The van der Waals surface area contributed by atoms with Crippen molar-refractivity contribution >= 4 is 11.8 Å². The molecule has 2 fully saturated rings. The van der Waals surface area contributed by atoms with Gasteiger partial charge in [-0.3, -0.25) is 14.6 Å². The molecule has 1 aromatic carbocycles. The molecule has 1 atom stereocenters. The Morgan fingerprint density at radius 2 is 1.80 bits per heavy atom. The summed E-state index contributed by atoms with van der Waals surface area (Å²) in [6, 6.07) is 8.89. The predicted molar refractivity (Wildman–Crippen MR) is 129 cm³/mol. The Morgan fingerprint density at radius 1 is 1.09 bits per heavy atom.